The molecule has 6 heteroatoms. The van der Waals surface area contributed by atoms with Gasteiger partial charge in [0.15, 0.2) is 0 Å². The summed E-state index contributed by atoms with van der Waals surface area (Å²) in [7, 11) is -0.0950. The van der Waals surface area contributed by atoms with E-state index in [1.54, 1.807) is 21.0 Å². The number of amides is 1. The predicted molar refractivity (Wildman–Crippen MR) is 69.2 cm³/mol. The zero-order valence-corrected chi connectivity index (χ0v) is 12.2. The summed E-state index contributed by atoms with van der Waals surface area (Å²) in [6.45, 7) is 5.72. The van der Waals surface area contributed by atoms with Gasteiger partial charge in [-0.25, -0.2) is 13.1 Å². The third-order valence-electron chi connectivity index (χ3n) is 2.24. The third-order valence-corrected chi connectivity index (χ3v) is 3.83. The maximum atomic E-state index is 11.9. The van der Waals surface area contributed by atoms with E-state index >= 15 is 0 Å². The fraction of sp³-hybridized carbons (Fsp3) is 0.909. The van der Waals surface area contributed by atoms with Crippen LogP contribution in [-0.4, -0.2) is 45.1 Å². The SMILES string of the molecule is CCCS(=O)(=O)NC(CC(C)C)C(=O)N(C)C. The largest absolute Gasteiger partial charge is 0.347 e. The van der Waals surface area contributed by atoms with Gasteiger partial charge in [0.05, 0.1) is 5.75 Å². The van der Waals surface area contributed by atoms with E-state index in [1.165, 1.54) is 4.90 Å². The van der Waals surface area contributed by atoms with E-state index < -0.39 is 16.1 Å². The van der Waals surface area contributed by atoms with Gasteiger partial charge in [0, 0.05) is 14.1 Å². The minimum atomic E-state index is -3.35. The van der Waals surface area contributed by atoms with Crippen LogP contribution in [0.25, 0.3) is 0 Å². The summed E-state index contributed by atoms with van der Waals surface area (Å²) in [6, 6.07) is -0.651. The zero-order chi connectivity index (χ0) is 13.6. The van der Waals surface area contributed by atoms with Crippen LogP contribution < -0.4 is 4.72 Å². The van der Waals surface area contributed by atoms with Gasteiger partial charge in [0.1, 0.15) is 6.04 Å². The highest BCUT2D eigenvalue weighted by Crippen LogP contribution is 2.08. The van der Waals surface area contributed by atoms with E-state index in [-0.39, 0.29) is 17.6 Å². The molecule has 0 aliphatic carbocycles. The molecule has 17 heavy (non-hydrogen) atoms. The highest BCUT2D eigenvalue weighted by molar-refractivity contribution is 7.89. The summed E-state index contributed by atoms with van der Waals surface area (Å²) < 4.78 is 25.8. The summed E-state index contributed by atoms with van der Waals surface area (Å²) in [6.07, 6.45) is 1.06. The second-order valence-electron chi connectivity index (χ2n) is 4.85. The van der Waals surface area contributed by atoms with E-state index in [0.29, 0.717) is 12.8 Å². The fourth-order valence-corrected chi connectivity index (χ4v) is 2.81. The van der Waals surface area contributed by atoms with Crippen molar-refractivity contribution in [2.24, 2.45) is 5.92 Å². The molecule has 0 aliphatic rings. The summed E-state index contributed by atoms with van der Waals surface area (Å²) >= 11 is 0. The Morgan fingerprint density at radius 2 is 1.82 bits per heavy atom. The van der Waals surface area contributed by atoms with Gasteiger partial charge < -0.3 is 4.90 Å². The first-order valence-electron chi connectivity index (χ1n) is 5.90. The quantitative estimate of drug-likeness (QED) is 0.740. The summed E-state index contributed by atoms with van der Waals surface area (Å²) in [5.41, 5.74) is 0. The van der Waals surface area contributed by atoms with Crippen LogP contribution in [-0.2, 0) is 14.8 Å². The number of likely N-dealkylation sites (N-methyl/N-ethyl adjacent to an activating group) is 1. The summed E-state index contributed by atoms with van der Waals surface area (Å²) in [5.74, 6) is 0.120. The normalized spacial score (nSPS) is 13.8. The first kappa shape index (κ1) is 16.4. The number of sulfonamides is 1. The molecular weight excluding hydrogens is 240 g/mol. The van der Waals surface area contributed by atoms with Gasteiger partial charge in [-0.2, -0.15) is 0 Å². The van der Waals surface area contributed by atoms with Crippen LogP contribution in [0.5, 0.6) is 0 Å². The minimum absolute atomic E-state index is 0.0578. The number of carbonyl (C=O) groups is 1. The Balaban J connectivity index is 4.77. The zero-order valence-electron chi connectivity index (χ0n) is 11.4. The van der Waals surface area contributed by atoms with E-state index in [0.717, 1.165) is 0 Å². The molecule has 0 rings (SSSR count). The molecule has 0 saturated carbocycles. The number of carbonyl (C=O) groups excluding carboxylic acids is 1. The topological polar surface area (TPSA) is 66.5 Å². The second kappa shape index (κ2) is 6.96. The Bertz CT molecular complexity index is 337. The van der Waals surface area contributed by atoms with Gasteiger partial charge in [0.25, 0.3) is 0 Å². The van der Waals surface area contributed by atoms with E-state index in [1.807, 2.05) is 13.8 Å². The number of hydrogen-bond acceptors (Lipinski definition) is 3. The lowest BCUT2D eigenvalue weighted by Gasteiger charge is -2.22. The van der Waals surface area contributed by atoms with Gasteiger partial charge in [-0.15, -0.1) is 0 Å². The van der Waals surface area contributed by atoms with E-state index in [4.69, 9.17) is 0 Å². The van der Waals surface area contributed by atoms with Crippen molar-refractivity contribution >= 4 is 15.9 Å². The number of rotatable bonds is 7. The van der Waals surface area contributed by atoms with Crippen LogP contribution in [0.1, 0.15) is 33.6 Å². The average Bonchev–Trinajstić information content (AvgIpc) is 2.13. The Hall–Kier alpha value is -0.620. The highest BCUT2D eigenvalue weighted by Gasteiger charge is 2.25. The molecule has 0 bridgehead atoms. The van der Waals surface area contributed by atoms with E-state index in [9.17, 15) is 13.2 Å². The number of nitrogens with one attached hydrogen (secondary N) is 1. The Labute approximate surface area is 105 Å². The molecular formula is C11H24N2O3S. The fourth-order valence-electron chi connectivity index (χ4n) is 1.53. The van der Waals surface area contributed by atoms with Crippen LogP contribution >= 0.6 is 0 Å². The van der Waals surface area contributed by atoms with Gasteiger partial charge >= 0.3 is 0 Å². The van der Waals surface area contributed by atoms with Crippen LogP contribution in [0.3, 0.4) is 0 Å². The molecule has 0 fully saturated rings. The maximum absolute atomic E-state index is 11.9. The molecule has 0 aromatic heterocycles. The van der Waals surface area contributed by atoms with Crippen LogP contribution in [0.15, 0.2) is 0 Å². The van der Waals surface area contributed by atoms with E-state index in [2.05, 4.69) is 4.72 Å². The Morgan fingerprint density at radius 1 is 1.29 bits per heavy atom. The van der Waals surface area contributed by atoms with Crippen molar-refractivity contribution in [2.75, 3.05) is 19.8 Å². The monoisotopic (exact) mass is 264 g/mol. The van der Waals surface area contributed by atoms with Gasteiger partial charge in [-0.05, 0) is 18.8 Å². The molecule has 0 aromatic carbocycles. The van der Waals surface area contributed by atoms with Gasteiger partial charge in [-0.1, -0.05) is 20.8 Å². The lowest BCUT2D eigenvalue weighted by atomic mass is 10.0. The predicted octanol–water partition coefficient (Wildman–Crippen LogP) is 0.819. The molecule has 1 unspecified atom stereocenters. The maximum Gasteiger partial charge on any atom is 0.240 e. The molecule has 0 saturated heterocycles. The molecule has 0 heterocycles. The van der Waals surface area contributed by atoms with Crippen molar-refractivity contribution < 1.29 is 13.2 Å². The smallest absolute Gasteiger partial charge is 0.240 e. The molecule has 1 atom stereocenters. The lowest BCUT2D eigenvalue weighted by molar-refractivity contribution is -0.130. The van der Waals surface area contributed by atoms with Crippen molar-refractivity contribution in [1.82, 2.24) is 9.62 Å². The molecule has 5 nitrogen and oxygen atoms in total. The molecule has 0 aromatic rings. The summed E-state index contributed by atoms with van der Waals surface area (Å²) in [4.78, 5) is 13.3. The van der Waals surface area contributed by atoms with Crippen LogP contribution in [0.4, 0.5) is 0 Å². The molecule has 0 radical (unpaired) electrons. The first-order valence-corrected chi connectivity index (χ1v) is 7.56. The molecule has 0 spiro atoms. The minimum Gasteiger partial charge on any atom is -0.347 e. The number of hydrogen-bond donors (Lipinski definition) is 1. The third kappa shape index (κ3) is 6.63. The van der Waals surface area contributed by atoms with Crippen molar-refractivity contribution in [3.8, 4) is 0 Å². The molecule has 1 amide bonds. The lowest BCUT2D eigenvalue weighted by Crippen LogP contribution is -2.47. The standard InChI is InChI=1S/C11H24N2O3S/c1-6-7-17(15,16)12-10(8-9(2)3)11(14)13(4)5/h9-10,12H,6-8H2,1-5H3. The molecule has 1 N–H and O–H groups in total. The number of nitrogens with zero attached hydrogens (tertiary/aromatic N) is 1. The van der Waals surface area contributed by atoms with Crippen molar-refractivity contribution in [3.63, 3.8) is 0 Å². The van der Waals surface area contributed by atoms with Gasteiger partial charge in [-0.3, -0.25) is 4.79 Å². The van der Waals surface area contributed by atoms with Crippen molar-refractivity contribution in [3.05, 3.63) is 0 Å². The Kier molecular flexibility index (Phi) is 6.70. The molecule has 0 aliphatic heterocycles. The van der Waals surface area contributed by atoms with Crippen molar-refractivity contribution in [2.45, 2.75) is 39.7 Å². The van der Waals surface area contributed by atoms with Crippen LogP contribution in [0, 0.1) is 5.92 Å². The highest BCUT2D eigenvalue weighted by atomic mass is 32.2. The van der Waals surface area contributed by atoms with Crippen molar-refractivity contribution in [1.29, 1.82) is 0 Å². The first-order chi connectivity index (χ1) is 7.69. The van der Waals surface area contributed by atoms with Crippen LogP contribution in [0.2, 0.25) is 0 Å². The summed E-state index contributed by atoms with van der Waals surface area (Å²) in [5, 5.41) is 0. The molecule has 102 valence electrons. The average molecular weight is 264 g/mol. The Morgan fingerprint density at radius 3 is 2.18 bits per heavy atom. The van der Waals surface area contributed by atoms with Gasteiger partial charge in [0.2, 0.25) is 15.9 Å². The second-order valence-corrected chi connectivity index (χ2v) is 6.72.